The number of carbonyl (C=O) groups is 4. The van der Waals surface area contributed by atoms with Gasteiger partial charge in [-0.05, 0) is 6.42 Å². The van der Waals surface area contributed by atoms with Crippen LogP contribution in [0.4, 0.5) is 0 Å². The average Bonchev–Trinajstić information content (AvgIpc) is 3.00. The number of esters is 3. The van der Waals surface area contributed by atoms with Gasteiger partial charge in [-0.1, -0.05) is 13.0 Å². The van der Waals surface area contributed by atoms with Crippen LogP contribution >= 0.6 is 0 Å². The second-order valence-electron chi connectivity index (χ2n) is 6.98. The number of aliphatic hydroxyl groups is 1. The summed E-state index contributed by atoms with van der Waals surface area (Å²) in [6.45, 7) is 2.84. The van der Waals surface area contributed by atoms with Crippen molar-refractivity contribution >= 4 is 23.8 Å². The van der Waals surface area contributed by atoms with Gasteiger partial charge >= 0.3 is 17.9 Å². The molecule has 0 aromatic rings. The highest BCUT2D eigenvalue weighted by atomic mass is 16.6. The van der Waals surface area contributed by atoms with Crippen molar-refractivity contribution in [3.8, 4) is 0 Å². The fourth-order valence-electron chi connectivity index (χ4n) is 3.15. The van der Waals surface area contributed by atoms with E-state index in [0.29, 0.717) is 12.0 Å². The average molecular weight is 426 g/mol. The monoisotopic (exact) mass is 426 g/mol. The lowest BCUT2D eigenvalue weighted by Gasteiger charge is -2.30. The molecule has 0 spiro atoms. The zero-order valence-corrected chi connectivity index (χ0v) is 17.0. The van der Waals surface area contributed by atoms with Gasteiger partial charge in [-0.25, -0.2) is 4.79 Å². The van der Waals surface area contributed by atoms with Crippen LogP contribution in [0.25, 0.3) is 0 Å². The van der Waals surface area contributed by atoms with Gasteiger partial charge in [0.15, 0.2) is 18.4 Å². The summed E-state index contributed by atoms with van der Waals surface area (Å²) in [4.78, 5) is 47.7. The molecule has 11 heteroatoms. The molecule has 2 heterocycles. The molecule has 166 valence electrons. The Kier molecular flexibility index (Phi) is 7.95. The van der Waals surface area contributed by atoms with Crippen LogP contribution in [0.15, 0.2) is 24.0 Å². The molecule has 0 bridgehead atoms. The van der Waals surface area contributed by atoms with Crippen LogP contribution < -0.4 is 5.73 Å². The van der Waals surface area contributed by atoms with Crippen molar-refractivity contribution in [3.05, 3.63) is 24.0 Å². The SMILES string of the molecule is COC(=O)[C@@H](O)CC(=O)OC[C@H]1O[C@@H](N2C=CCC(C(N)=O)=C2)C(OC(C)=O)[C@@H]1C. The number of hydrogen-bond donors (Lipinski definition) is 2. The van der Waals surface area contributed by atoms with Gasteiger partial charge in [-0.3, -0.25) is 14.4 Å². The predicted molar refractivity (Wildman–Crippen MR) is 99.9 cm³/mol. The van der Waals surface area contributed by atoms with Gasteiger partial charge in [0.25, 0.3) is 0 Å². The van der Waals surface area contributed by atoms with E-state index < -0.39 is 54.8 Å². The van der Waals surface area contributed by atoms with E-state index in [-0.39, 0.29) is 12.5 Å². The maximum Gasteiger partial charge on any atom is 0.335 e. The topological polar surface area (TPSA) is 155 Å². The smallest absolute Gasteiger partial charge is 0.335 e. The lowest BCUT2D eigenvalue weighted by molar-refractivity contribution is -0.160. The van der Waals surface area contributed by atoms with Crippen molar-refractivity contribution in [2.24, 2.45) is 11.7 Å². The number of amides is 1. The van der Waals surface area contributed by atoms with Crippen LogP contribution in [-0.4, -0.2) is 72.1 Å². The molecule has 2 aliphatic heterocycles. The van der Waals surface area contributed by atoms with Crippen LogP contribution in [0.2, 0.25) is 0 Å². The van der Waals surface area contributed by atoms with Gasteiger partial charge in [-0.15, -0.1) is 0 Å². The summed E-state index contributed by atoms with van der Waals surface area (Å²) < 4.78 is 20.8. The van der Waals surface area contributed by atoms with E-state index in [9.17, 15) is 24.3 Å². The van der Waals surface area contributed by atoms with Crippen LogP contribution in [0, 0.1) is 5.92 Å². The normalized spacial score (nSPS) is 26.5. The molecule has 0 aromatic heterocycles. The van der Waals surface area contributed by atoms with Gasteiger partial charge in [0.05, 0.1) is 13.5 Å². The molecule has 30 heavy (non-hydrogen) atoms. The zero-order chi connectivity index (χ0) is 22.4. The molecule has 0 aromatic carbocycles. The van der Waals surface area contributed by atoms with Crippen molar-refractivity contribution in [2.45, 2.75) is 51.2 Å². The van der Waals surface area contributed by atoms with Crippen molar-refractivity contribution in [3.63, 3.8) is 0 Å². The number of rotatable bonds is 8. The number of ether oxygens (including phenoxy) is 4. The molecule has 11 nitrogen and oxygen atoms in total. The van der Waals surface area contributed by atoms with E-state index in [1.54, 1.807) is 24.1 Å². The first kappa shape index (κ1) is 23.4. The Morgan fingerprint density at radius 3 is 2.67 bits per heavy atom. The molecule has 1 unspecified atom stereocenters. The molecular weight excluding hydrogens is 400 g/mol. The number of nitrogens with two attached hydrogens (primary N) is 1. The maximum absolute atomic E-state index is 11.9. The first-order valence-corrected chi connectivity index (χ1v) is 9.32. The van der Waals surface area contributed by atoms with Crippen LogP contribution in [0.5, 0.6) is 0 Å². The Labute approximate surface area is 173 Å². The van der Waals surface area contributed by atoms with E-state index in [0.717, 1.165) is 7.11 Å². The quantitative estimate of drug-likeness (QED) is 0.377. The molecule has 1 amide bonds. The highest BCUT2D eigenvalue weighted by Crippen LogP contribution is 2.33. The number of nitrogens with zero attached hydrogens (tertiary/aromatic N) is 1. The van der Waals surface area contributed by atoms with Crippen molar-refractivity contribution in [2.75, 3.05) is 13.7 Å². The van der Waals surface area contributed by atoms with Crippen molar-refractivity contribution in [1.82, 2.24) is 4.90 Å². The van der Waals surface area contributed by atoms with Gasteiger partial charge < -0.3 is 34.7 Å². The van der Waals surface area contributed by atoms with Gasteiger partial charge in [-0.2, -0.15) is 0 Å². The third kappa shape index (κ3) is 5.80. The summed E-state index contributed by atoms with van der Waals surface area (Å²) in [5.41, 5.74) is 5.71. The largest absolute Gasteiger partial charge is 0.467 e. The standard InChI is InChI=1S/C19H26N2O9/c1-10-14(9-28-15(24)7-13(23)19(26)27-3)30-18(16(10)29-11(2)22)21-6-4-5-12(8-21)17(20)25/h4,6,8,10,13-14,16,18,23H,5,7,9H2,1-3H3,(H2,20,25)/t10-,13+,14-,16?,18-/m1/s1. The number of hydrogen-bond acceptors (Lipinski definition) is 10. The molecule has 5 atom stereocenters. The Morgan fingerprint density at radius 2 is 2.07 bits per heavy atom. The van der Waals surface area contributed by atoms with E-state index in [1.165, 1.54) is 13.1 Å². The lowest BCUT2D eigenvalue weighted by atomic mass is 10.00. The number of carbonyl (C=O) groups excluding carboxylic acids is 4. The third-order valence-corrected chi connectivity index (χ3v) is 4.77. The van der Waals surface area contributed by atoms with E-state index >= 15 is 0 Å². The highest BCUT2D eigenvalue weighted by molar-refractivity contribution is 5.92. The summed E-state index contributed by atoms with van der Waals surface area (Å²) in [6.07, 6.45) is 1.000. The Morgan fingerprint density at radius 1 is 1.37 bits per heavy atom. The van der Waals surface area contributed by atoms with Crippen molar-refractivity contribution in [1.29, 1.82) is 0 Å². The summed E-state index contributed by atoms with van der Waals surface area (Å²) in [7, 11) is 1.09. The first-order valence-electron chi connectivity index (χ1n) is 9.32. The maximum atomic E-state index is 11.9. The molecule has 1 saturated heterocycles. The minimum atomic E-state index is -1.62. The molecule has 2 rings (SSSR count). The van der Waals surface area contributed by atoms with Crippen LogP contribution in [0.3, 0.4) is 0 Å². The van der Waals surface area contributed by atoms with E-state index in [2.05, 4.69) is 4.74 Å². The number of aliphatic hydroxyl groups excluding tert-OH is 1. The van der Waals surface area contributed by atoms with Gasteiger partial charge in [0, 0.05) is 30.8 Å². The first-order chi connectivity index (χ1) is 14.1. The minimum Gasteiger partial charge on any atom is -0.467 e. The predicted octanol–water partition coefficient (Wildman–Crippen LogP) is -0.665. The summed E-state index contributed by atoms with van der Waals surface area (Å²) in [6, 6.07) is 0. The second-order valence-corrected chi connectivity index (χ2v) is 6.98. The number of allylic oxidation sites excluding steroid dienone is 1. The van der Waals surface area contributed by atoms with Crippen LogP contribution in [0.1, 0.15) is 26.7 Å². The summed E-state index contributed by atoms with van der Waals surface area (Å²) in [5.74, 6) is -3.21. The number of methoxy groups -OCH3 is 1. The summed E-state index contributed by atoms with van der Waals surface area (Å²) >= 11 is 0. The minimum absolute atomic E-state index is 0.188. The van der Waals surface area contributed by atoms with E-state index in [4.69, 9.17) is 19.9 Å². The van der Waals surface area contributed by atoms with Gasteiger partial charge in [0.1, 0.15) is 12.7 Å². The second kappa shape index (κ2) is 10.2. The van der Waals surface area contributed by atoms with E-state index in [1.807, 2.05) is 0 Å². The fraction of sp³-hybridized carbons (Fsp3) is 0.579. The number of primary amides is 1. The highest BCUT2D eigenvalue weighted by Gasteiger charge is 2.47. The molecule has 1 fully saturated rings. The Bertz CT molecular complexity index is 748. The Hall–Kier alpha value is -2.92. The van der Waals surface area contributed by atoms with Gasteiger partial charge in [0.2, 0.25) is 5.91 Å². The molecule has 0 saturated carbocycles. The molecule has 3 N–H and O–H groups in total. The molecule has 2 aliphatic rings. The van der Waals surface area contributed by atoms with Crippen molar-refractivity contribution < 1.29 is 43.2 Å². The Balaban J connectivity index is 2.06. The molecular formula is C19H26N2O9. The molecule has 0 radical (unpaired) electrons. The zero-order valence-electron chi connectivity index (χ0n) is 17.0. The third-order valence-electron chi connectivity index (χ3n) is 4.77. The molecule has 0 aliphatic carbocycles. The fourth-order valence-corrected chi connectivity index (χ4v) is 3.15. The lowest BCUT2D eigenvalue weighted by Crippen LogP contribution is -2.40. The van der Waals surface area contributed by atoms with Crippen LogP contribution in [-0.2, 0) is 38.1 Å². The summed E-state index contributed by atoms with van der Waals surface area (Å²) in [5, 5.41) is 9.53.